The van der Waals surface area contributed by atoms with Crippen molar-refractivity contribution >= 4 is 0 Å². The maximum Gasteiger partial charge on any atom is 0.291 e. The van der Waals surface area contributed by atoms with E-state index in [1.807, 2.05) is 0 Å². The molecule has 4 N–H and O–H groups in total. The van der Waals surface area contributed by atoms with E-state index < -0.39 is 22.4 Å². The highest BCUT2D eigenvalue weighted by atomic mass is 16.9. The number of aliphatic hydroxyl groups excluding tert-OH is 2. The maximum atomic E-state index is 9.16. The van der Waals surface area contributed by atoms with Gasteiger partial charge in [0.05, 0.1) is 13.2 Å². The zero-order chi connectivity index (χ0) is 14.3. The molecule has 0 aromatic carbocycles. The number of aliphatic hydroxyl groups is 2. The summed E-state index contributed by atoms with van der Waals surface area (Å²) in [7, 11) is 0. The van der Waals surface area contributed by atoms with E-state index in [0.29, 0.717) is 0 Å². The van der Waals surface area contributed by atoms with E-state index in [0.717, 1.165) is 0 Å². The zero-order valence-electron chi connectivity index (χ0n) is 8.86. The lowest BCUT2D eigenvalue weighted by Crippen LogP contribution is -2.30. The standard InChI is InChI=1S/C6H10O4.2HNO3/c7-3-1-9-6-4(8)2-10-5(3)6;2*2-1(3)4/h3-8H,1-2H2;2*(H,2,3,4)/t3-,4+,5-,6-;;/m1../s1. The molecule has 2 saturated heterocycles. The van der Waals surface area contributed by atoms with Crippen LogP contribution in [0.1, 0.15) is 0 Å². The Morgan fingerprint density at radius 2 is 1.11 bits per heavy atom. The molecule has 12 heteroatoms. The third-order valence-electron chi connectivity index (χ3n) is 2.00. The number of hydrogen-bond donors (Lipinski definition) is 4. The molecule has 2 heterocycles. The second-order valence-corrected chi connectivity index (χ2v) is 3.21. The first-order chi connectivity index (χ1) is 8.25. The lowest BCUT2D eigenvalue weighted by Gasteiger charge is -2.09. The Morgan fingerprint density at radius 1 is 0.889 bits per heavy atom. The quantitative estimate of drug-likeness (QED) is 0.278. The minimum Gasteiger partial charge on any atom is -0.388 e. The van der Waals surface area contributed by atoms with Gasteiger partial charge in [-0.15, -0.1) is 20.2 Å². The minimum absolute atomic E-state index is 0.284. The van der Waals surface area contributed by atoms with Crippen LogP contribution in [0.15, 0.2) is 0 Å². The van der Waals surface area contributed by atoms with Gasteiger partial charge in [-0.3, -0.25) is 0 Å². The van der Waals surface area contributed by atoms with Gasteiger partial charge in [0.2, 0.25) is 0 Å². The van der Waals surface area contributed by atoms with E-state index in [4.69, 9.17) is 50.3 Å². The van der Waals surface area contributed by atoms with Crippen LogP contribution in [0.4, 0.5) is 0 Å². The van der Waals surface area contributed by atoms with Crippen LogP contribution in [0.25, 0.3) is 0 Å². The van der Waals surface area contributed by atoms with Crippen molar-refractivity contribution in [1.82, 2.24) is 0 Å². The average Bonchev–Trinajstić information content (AvgIpc) is 2.70. The van der Waals surface area contributed by atoms with Gasteiger partial charge in [-0.1, -0.05) is 0 Å². The van der Waals surface area contributed by atoms with Gasteiger partial charge in [-0.2, -0.15) is 0 Å². The number of ether oxygens (including phenoxy) is 2. The summed E-state index contributed by atoms with van der Waals surface area (Å²) in [5.41, 5.74) is 0. The number of fused-ring (bicyclic) bond motifs is 1. The Hall–Kier alpha value is -1.76. The summed E-state index contributed by atoms with van der Waals surface area (Å²) in [6.07, 6.45) is -1.70. The van der Waals surface area contributed by atoms with Crippen LogP contribution in [-0.4, -0.2) is 68.4 Å². The van der Waals surface area contributed by atoms with Crippen LogP contribution in [0.5, 0.6) is 0 Å². The van der Waals surface area contributed by atoms with Gasteiger partial charge in [0.1, 0.15) is 24.4 Å². The molecule has 0 aromatic heterocycles. The van der Waals surface area contributed by atoms with Gasteiger partial charge in [-0.25, -0.2) is 0 Å². The van der Waals surface area contributed by atoms with Crippen LogP contribution < -0.4 is 0 Å². The molecule has 2 rings (SSSR count). The lowest BCUT2D eigenvalue weighted by atomic mass is 10.1. The fourth-order valence-corrected chi connectivity index (χ4v) is 1.46. The van der Waals surface area contributed by atoms with Crippen LogP contribution in [-0.2, 0) is 9.47 Å². The first kappa shape index (κ1) is 16.2. The van der Waals surface area contributed by atoms with E-state index in [1.54, 1.807) is 0 Å². The minimum atomic E-state index is -1.50. The van der Waals surface area contributed by atoms with Crippen LogP contribution >= 0.6 is 0 Å². The smallest absolute Gasteiger partial charge is 0.291 e. The van der Waals surface area contributed by atoms with Crippen molar-refractivity contribution in [1.29, 1.82) is 0 Å². The number of nitrogens with zero attached hydrogens (tertiary/aromatic N) is 2. The van der Waals surface area contributed by atoms with Gasteiger partial charge >= 0.3 is 0 Å². The van der Waals surface area contributed by atoms with Gasteiger partial charge in [-0.05, 0) is 0 Å². The highest BCUT2D eigenvalue weighted by Gasteiger charge is 2.46. The van der Waals surface area contributed by atoms with E-state index >= 15 is 0 Å². The highest BCUT2D eigenvalue weighted by Crippen LogP contribution is 2.26. The second kappa shape index (κ2) is 7.54. The molecule has 2 fully saturated rings. The molecule has 0 radical (unpaired) electrons. The summed E-state index contributed by atoms with van der Waals surface area (Å²) in [5, 5.41) is 45.6. The molecule has 106 valence electrons. The summed E-state index contributed by atoms with van der Waals surface area (Å²) in [5.74, 6) is 0. The molecule has 0 aromatic rings. The van der Waals surface area contributed by atoms with Gasteiger partial charge < -0.3 is 30.1 Å². The van der Waals surface area contributed by atoms with Crippen molar-refractivity contribution in [3.63, 3.8) is 0 Å². The molecule has 0 saturated carbocycles. The van der Waals surface area contributed by atoms with Crippen LogP contribution in [0.2, 0.25) is 0 Å². The van der Waals surface area contributed by atoms with Crippen molar-refractivity contribution in [3.8, 4) is 0 Å². The van der Waals surface area contributed by atoms with Crippen LogP contribution in [0, 0.1) is 20.2 Å². The normalized spacial score (nSPS) is 32.3. The SMILES string of the molecule is O=[N+]([O-])O.O=[N+]([O-])O.O[C@@H]1CO[C@H]2[C@@H]1OC[C@@H]2O. The fourth-order valence-electron chi connectivity index (χ4n) is 1.46. The summed E-state index contributed by atoms with van der Waals surface area (Å²) < 4.78 is 10.2. The monoisotopic (exact) mass is 272 g/mol. The zero-order valence-corrected chi connectivity index (χ0v) is 8.86. The summed E-state index contributed by atoms with van der Waals surface area (Å²) >= 11 is 0. The van der Waals surface area contributed by atoms with Crippen LogP contribution in [0.3, 0.4) is 0 Å². The Labute approximate surface area is 99.2 Å². The Bertz CT molecular complexity index is 250. The topological polar surface area (TPSA) is 186 Å². The lowest BCUT2D eigenvalue weighted by molar-refractivity contribution is -0.742. The predicted octanol–water partition coefficient (Wildman–Crippen LogP) is -2.19. The Morgan fingerprint density at radius 3 is 1.33 bits per heavy atom. The van der Waals surface area contributed by atoms with Crippen molar-refractivity contribution in [2.24, 2.45) is 0 Å². The number of rotatable bonds is 0. The molecule has 0 aliphatic carbocycles. The van der Waals surface area contributed by atoms with Crippen molar-refractivity contribution in [2.45, 2.75) is 24.4 Å². The summed E-state index contributed by atoms with van der Waals surface area (Å²) in [4.78, 5) is 16.7. The van der Waals surface area contributed by atoms with Gasteiger partial charge in [0, 0.05) is 0 Å². The molecule has 0 amide bonds. The molecule has 2 aliphatic heterocycles. The van der Waals surface area contributed by atoms with E-state index in [9.17, 15) is 0 Å². The molecule has 12 nitrogen and oxygen atoms in total. The van der Waals surface area contributed by atoms with Gasteiger partial charge in [0.25, 0.3) is 10.2 Å². The largest absolute Gasteiger partial charge is 0.388 e. The number of hydrogen-bond acceptors (Lipinski definition) is 8. The third kappa shape index (κ3) is 6.09. The second-order valence-electron chi connectivity index (χ2n) is 3.21. The third-order valence-corrected chi connectivity index (χ3v) is 2.00. The fraction of sp³-hybridized carbons (Fsp3) is 1.00. The molecule has 4 atom stereocenters. The summed E-state index contributed by atoms with van der Waals surface area (Å²) in [6.45, 7) is 0.568. The van der Waals surface area contributed by atoms with E-state index in [2.05, 4.69) is 0 Å². The van der Waals surface area contributed by atoms with E-state index in [-0.39, 0.29) is 25.4 Å². The van der Waals surface area contributed by atoms with Crippen molar-refractivity contribution in [3.05, 3.63) is 20.2 Å². The highest BCUT2D eigenvalue weighted by molar-refractivity contribution is 4.93. The van der Waals surface area contributed by atoms with Crippen molar-refractivity contribution < 1.29 is 40.3 Å². The molecule has 0 spiro atoms. The molecular formula is C6H12N2O10. The average molecular weight is 272 g/mol. The molecule has 18 heavy (non-hydrogen) atoms. The van der Waals surface area contributed by atoms with Crippen molar-refractivity contribution in [2.75, 3.05) is 13.2 Å². The predicted molar refractivity (Wildman–Crippen MR) is 49.1 cm³/mol. The molecule has 0 unspecified atom stereocenters. The summed E-state index contributed by atoms with van der Waals surface area (Å²) in [6, 6.07) is 0. The van der Waals surface area contributed by atoms with Gasteiger partial charge in [0.15, 0.2) is 0 Å². The first-order valence-electron chi connectivity index (χ1n) is 4.51. The molecule has 0 bridgehead atoms. The Kier molecular flexibility index (Phi) is 6.81. The molecule has 2 aliphatic rings. The first-order valence-corrected chi connectivity index (χ1v) is 4.51. The Balaban J connectivity index is 0.000000307. The molecular weight excluding hydrogens is 260 g/mol. The van der Waals surface area contributed by atoms with E-state index in [1.165, 1.54) is 0 Å². The maximum absolute atomic E-state index is 9.16.